The number of pyridine rings is 1. The molecule has 0 saturated heterocycles. The van der Waals surface area contributed by atoms with Gasteiger partial charge in [0.05, 0.1) is 17.3 Å². The average molecular weight is 791 g/mol. The molecular formula is C42H49Cl2N5O6. The van der Waals surface area contributed by atoms with Crippen LogP contribution in [0, 0.1) is 0 Å². The number of aliphatic hydroxyl groups is 1. The number of rotatable bonds is 14. The minimum atomic E-state index is -0.972. The number of aliphatic hydroxyl groups excluding tert-OH is 1. The molecular weight excluding hydrogens is 741 g/mol. The summed E-state index contributed by atoms with van der Waals surface area (Å²) in [7, 11) is 0. The molecule has 0 radical (unpaired) electrons. The van der Waals surface area contributed by atoms with Crippen LogP contribution in [0.5, 0.6) is 5.75 Å². The van der Waals surface area contributed by atoms with Crippen LogP contribution in [0.2, 0.25) is 0 Å². The Morgan fingerprint density at radius 3 is 2.29 bits per heavy atom. The van der Waals surface area contributed by atoms with E-state index in [0.717, 1.165) is 47.9 Å². The average Bonchev–Trinajstić information content (AvgIpc) is 3.15. The van der Waals surface area contributed by atoms with Gasteiger partial charge in [0, 0.05) is 47.8 Å². The summed E-state index contributed by atoms with van der Waals surface area (Å²) in [5.41, 5.74) is 12.0. The first-order valence-corrected chi connectivity index (χ1v) is 18.2. The minimum absolute atomic E-state index is 0. The first kappa shape index (κ1) is 42.8. The lowest BCUT2D eigenvalue weighted by atomic mass is 9.89. The number of H-pyrrole nitrogens is 1. The highest BCUT2D eigenvalue weighted by atomic mass is 35.5. The van der Waals surface area contributed by atoms with Crippen LogP contribution in [0.15, 0.2) is 102 Å². The molecule has 1 aliphatic carbocycles. The van der Waals surface area contributed by atoms with Gasteiger partial charge in [-0.3, -0.25) is 14.5 Å². The quantitative estimate of drug-likeness (QED) is 0.0572. The molecule has 1 aliphatic rings. The molecule has 1 aromatic heterocycles. The molecule has 1 saturated carbocycles. The highest BCUT2D eigenvalue weighted by Crippen LogP contribution is 2.36. The fourth-order valence-corrected chi connectivity index (χ4v) is 7.17. The summed E-state index contributed by atoms with van der Waals surface area (Å²) in [5, 5.41) is 38.1. The molecule has 2 amide bonds. The van der Waals surface area contributed by atoms with Gasteiger partial charge in [-0.15, -0.1) is 24.8 Å². The Kier molecular flexibility index (Phi) is 15.7. The van der Waals surface area contributed by atoms with Crippen molar-refractivity contribution in [2.24, 2.45) is 5.73 Å². The van der Waals surface area contributed by atoms with Crippen molar-refractivity contribution in [3.63, 3.8) is 0 Å². The summed E-state index contributed by atoms with van der Waals surface area (Å²) < 4.78 is 0. The van der Waals surface area contributed by atoms with Gasteiger partial charge in [0.1, 0.15) is 5.75 Å². The predicted molar refractivity (Wildman–Crippen MR) is 223 cm³/mol. The zero-order valence-electron chi connectivity index (χ0n) is 30.4. The highest BCUT2D eigenvalue weighted by molar-refractivity contribution is 5.94. The Morgan fingerprint density at radius 1 is 0.873 bits per heavy atom. The van der Waals surface area contributed by atoms with Crippen molar-refractivity contribution in [3.8, 4) is 16.9 Å². The third-order valence-electron chi connectivity index (χ3n) is 10.0. The lowest BCUT2D eigenvalue weighted by Crippen LogP contribution is -2.44. The first-order valence-electron chi connectivity index (χ1n) is 18.2. The Bertz CT molecular complexity index is 2090. The number of fused-ring (bicyclic) bond motifs is 1. The first-order chi connectivity index (χ1) is 25.7. The number of aromatic hydroxyl groups is 1. The Hall–Kier alpha value is -4.91. The second-order valence-corrected chi connectivity index (χ2v) is 13.8. The van der Waals surface area contributed by atoms with Crippen LogP contribution in [0.4, 0.5) is 16.2 Å². The summed E-state index contributed by atoms with van der Waals surface area (Å²) in [4.78, 5) is 41.4. The molecule has 0 aliphatic heterocycles. The van der Waals surface area contributed by atoms with Crippen LogP contribution in [0.25, 0.3) is 22.0 Å². The number of anilines is 2. The Balaban J connectivity index is 0.00000336. The van der Waals surface area contributed by atoms with Crippen LogP contribution in [0.3, 0.4) is 0 Å². The number of halogens is 2. The van der Waals surface area contributed by atoms with Crippen molar-refractivity contribution in [3.05, 3.63) is 124 Å². The number of carbonyl (C=O) groups is 2. The van der Waals surface area contributed by atoms with Crippen molar-refractivity contribution in [1.29, 1.82) is 0 Å². The number of nitrogens with zero attached hydrogens (tertiary/aromatic N) is 1. The monoisotopic (exact) mass is 789 g/mol. The summed E-state index contributed by atoms with van der Waals surface area (Å²) in [6.07, 6.45) is 3.49. The number of carbonyl (C=O) groups excluding carboxylic acids is 1. The molecule has 1 heterocycles. The van der Waals surface area contributed by atoms with Crippen molar-refractivity contribution in [2.75, 3.05) is 23.3 Å². The van der Waals surface area contributed by atoms with Crippen LogP contribution < -0.4 is 26.8 Å². The van der Waals surface area contributed by atoms with Crippen molar-refractivity contribution in [1.82, 2.24) is 10.3 Å². The Labute approximate surface area is 332 Å². The van der Waals surface area contributed by atoms with E-state index >= 15 is 0 Å². The standard InChI is InChI=1S/C42H47N5O6.2ClH/c43-30-12-16-32(17-13-30)47(42(52)53)36-25-28(11-18-33(36)29-6-2-1-3-7-29)5-4-8-39(50)45-31-14-9-27(10-15-31)23-24-44-26-38(49)34-19-21-37(48)41-35(34)20-22-40(51)46-41;;/h1-3,6-7,9-11,14-15,18-22,25,30,32,38,44,48-49H,4-5,8,12-13,16-17,23-24,26,43H2,(H,45,50)(H,46,51)(H,52,53);2*1H/t30?,32?,38-;;/m1../s1. The number of aromatic nitrogens is 1. The number of phenols is 1. The van der Waals surface area contributed by atoms with E-state index in [1.54, 1.807) is 12.1 Å². The van der Waals surface area contributed by atoms with E-state index in [9.17, 15) is 29.7 Å². The maximum Gasteiger partial charge on any atom is 0.412 e. The van der Waals surface area contributed by atoms with Crippen LogP contribution in [-0.4, -0.2) is 57.5 Å². The zero-order valence-corrected chi connectivity index (χ0v) is 32.1. The minimum Gasteiger partial charge on any atom is -0.506 e. The predicted octanol–water partition coefficient (Wildman–Crippen LogP) is 7.33. The third-order valence-corrected chi connectivity index (χ3v) is 10.0. The molecule has 13 heteroatoms. The second-order valence-electron chi connectivity index (χ2n) is 13.8. The van der Waals surface area contributed by atoms with Crippen LogP contribution >= 0.6 is 24.8 Å². The van der Waals surface area contributed by atoms with Gasteiger partial charge in [-0.2, -0.15) is 0 Å². The normalized spacial score (nSPS) is 15.7. The summed E-state index contributed by atoms with van der Waals surface area (Å²) in [6.45, 7) is 0.905. The van der Waals surface area contributed by atoms with E-state index in [0.29, 0.717) is 66.6 Å². The highest BCUT2D eigenvalue weighted by Gasteiger charge is 2.30. The third kappa shape index (κ3) is 11.1. The number of nitrogens with two attached hydrogens (primary N) is 1. The summed E-state index contributed by atoms with van der Waals surface area (Å²) >= 11 is 0. The SMILES string of the molecule is Cl.Cl.NC1CCC(N(C(=O)O)c2cc(CCCC(=O)Nc3ccc(CCNC[C@@H](O)c4ccc(O)c5[nH]c(=O)ccc45)cc3)ccc2-c2ccccc2)CC1. The largest absolute Gasteiger partial charge is 0.506 e. The molecule has 0 spiro atoms. The Morgan fingerprint density at radius 2 is 1.58 bits per heavy atom. The lowest BCUT2D eigenvalue weighted by molar-refractivity contribution is -0.116. The number of benzene rings is 4. The van der Waals surface area contributed by atoms with E-state index in [2.05, 4.69) is 15.6 Å². The fourth-order valence-electron chi connectivity index (χ4n) is 7.17. The summed E-state index contributed by atoms with van der Waals surface area (Å²) in [5.74, 6) is -0.141. The molecule has 6 rings (SSSR count). The van der Waals surface area contributed by atoms with E-state index in [1.165, 1.54) is 17.0 Å². The van der Waals surface area contributed by atoms with Gasteiger partial charge in [-0.25, -0.2) is 4.79 Å². The number of nitrogens with one attached hydrogen (secondary N) is 3. The van der Waals surface area contributed by atoms with Gasteiger partial charge in [0.15, 0.2) is 0 Å². The lowest BCUT2D eigenvalue weighted by Gasteiger charge is -2.35. The van der Waals surface area contributed by atoms with E-state index in [-0.39, 0.29) is 54.1 Å². The maximum absolute atomic E-state index is 12.9. The van der Waals surface area contributed by atoms with Gasteiger partial charge >= 0.3 is 6.09 Å². The molecule has 11 nitrogen and oxygen atoms in total. The molecule has 292 valence electrons. The van der Waals surface area contributed by atoms with Gasteiger partial charge in [-0.05, 0) is 104 Å². The fraction of sp³-hybridized carbons (Fsp3) is 0.310. The number of carboxylic acid groups (broad SMARTS) is 1. The van der Waals surface area contributed by atoms with Crippen molar-refractivity contribution >= 4 is 59.1 Å². The number of aromatic amines is 1. The molecule has 1 atom stereocenters. The van der Waals surface area contributed by atoms with E-state index in [1.807, 2.05) is 72.8 Å². The smallest absolute Gasteiger partial charge is 0.412 e. The van der Waals surface area contributed by atoms with E-state index < -0.39 is 12.2 Å². The number of hydrogen-bond acceptors (Lipinski definition) is 7. The zero-order chi connectivity index (χ0) is 37.3. The molecule has 5 aromatic rings. The van der Waals surface area contributed by atoms with Gasteiger partial charge < -0.3 is 36.7 Å². The topological polar surface area (TPSA) is 181 Å². The molecule has 55 heavy (non-hydrogen) atoms. The van der Waals surface area contributed by atoms with Crippen LogP contribution in [-0.2, 0) is 17.6 Å². The van der Waals surface area contributed by atoms with E-state index in [4.69, 9.17) is 5.73 Å². The number of amides is 2. The molecule has 0 bridgehead atoms. The number of aryl methyl sites for hydroxylation is 1. The van der Waals surface area contributed by atoms with Crippen molar-refractivity contribution < 1.29 is 24.9 Å². The van der Waals surface area contributed by atoms with Gasteiger partial charge in [-0.1, -0.05) is 60.7 Å². The number of phenolic OH excluding ortho intramolecular Hbond substituents is 1. The van der Waals surface area contributed by atoms with Crippen LogP contribution in [0.1, 0.15) is 61.3 Å². The van der Waals surface area contributed by atoms with Gasteiger partial charge in [0.2, 0.25) is 11.5 Å². The molecule has 8 N–H and O–H groups in total. The van der Waals surface area contributed by atoms with Crippen molar-refractivity contribution in [2.45, 2.75) is 69.6 Å². The summed E-state index contributed by atoms with van der Waals surface area (Å²) in [6, 6.07) is 29.5. The molecule has 0 unspecified atom stereocenters. The number of hydrogen-bond donors (Lipinski definition) is 7. The molecule has 1 fully saturated rings. The van der Waals surface area contributed by atoms with Gasteiger partial charge in [0.25, 0.3) is 0 Å². The maximum atomic E-state index is 12.9. The molecule has 4 aromatic carbocycles. The second kappa shape index (κ2) is 20.1.